The summed E-state index contributed by atoms with van der Waals surface area (Å²) in [6.07, 6.45) is 5.44. The lowest BCUT2D eigenvalue weighted by Gasteiger charge is -2.41. The molecule has 0 aromatic carbocycles. The molecule has 2 heterocycles. The zero-order valence-corrected chi connectivity index (χ0v) is 11.4. The van der Waals surface area contributed by atoms with Gasteiger partial charge in [0.15, 0.2) is 0 Å². The van der Waals surface area contributed by atoms with Gasteiger partial charge in [-0.2, -0.15) is 5.06 Å². The molecule has 96 valence electrons. The van der Waals surface area contributed by atoms with Crippen LogP contribution in [0.3, 0.4) is 0 Å². The number of hydroxylamine groups is 2. The second kappa shape index (κ2) is 3.72. The fraction of sp³-hybridized carbons (Fsp3) is 0.857. The monoisotopic (exact) mass is 236 g/mol. The lowest BCUT2D eigenvalue weighted by Crippen LogP contribution is -2.48. The Morgan fingerprint density at radius 1 is 1.29 bits per heavy atom. The van der Waals surface area contributed by atoms with E-state index in [4.69, 9.17) is 4.84 Å². The molecular formula is C14H24N2O. The van der Waals surface area contributed by atoms with Gasteiger partial charge in [-0.3, -0.25) is 4.84 Å². The Labute approximate surface area is 104 Å². The SMILES string of the molecule is C[C@H]1C2=C(NC3CCCCC23)C(C)(C)ON1C. The largest absolute Gasteiger partial charge is 0.383 e. The lowest BCUT2D eigenvalue weighted by atomic mass is 9.78. The molecule has 0 aromatic rings. The van der Waals surface area contributed by atoms with Crippen molar-refractivity contribution in [3.63, 3.8) is 0 Å². The molecule has 0 aromatic heterocycles. The maximum absolute atomic E-state index is 6.02. The van der Waals surface area contributed by atoms with E-state index in [1.54, 1.807) is 5.57 Å². The summed E-state index contributed by atoms with van der Waals surface area (Å²) in [6.45, 7) is 6.62. The summed E-state index contributed by atoms with van der Waals surface area (Å²) in [5.41, 5.74) is 2.81. The van der Waals surface area contributed by atoms with E-state index >= 15 is 0 Å². The fourth-order valence-corrected chi connectivity index (χ4v) is 3.85. The second-order valence-electron chi connectivity index (χ2n) is 6.30. The van der Waals surface area contributed by atoms with Gasteiger partial charge in [0.25, 0.3) is 0 Å². The Morgan fingerprint density at radius 2 is 2.00 bits per heavy atom. The number of rotatable bonds is 0. The predicted octanol–water partition coefficient (Wildman–Crippen LogP) is 2.45. The summed E-state index contributed by atoms with van der Waals surface area (Å²) in [4.78, 5) is 6.02. The molecule has 3 atom stereocenters. The fourth-order valence-electron chi connectivity index (χ4n) is 3.85. The summed E-state index contributed by atoms with van der Waals surface area (Å²) < 4.78 is 0. The summed E-state index contributed by atoms with van der Waals surface area (Å²) >= 11 is 0. The van der Waals surface area contributed by atoms with Crippen LogP contribution < -0.4 is 5.32 Å². The third-order valence-electron chi connectivity index (χ3n) is 4.75. The normalized spacial score (nSPS) is 40.8. The maximum atomic E-state index is 6.02. The number of nitrogens with one attached hydrogen (secondary N) is 1. The lowest BCUT2D eigenvalue weighted by molar-refractivity contribution is -0.231. The van der Waals surface area contributed by atoms with Crippen molar-refractivity contribution in [2.45, 2.75) is 64.1 Å². The molecule has 0 bridgehead atoms. The van der Waals surface area contributed by atoms with Gasteiger partial charge >= 0.3 is 0 Å². The number of hydrogen-bond donors (Lipinski definition) is 1. The van der Waals surface area contributed by atoms with Crippen LogP contribution in [0.1, 0.15) is 46.5 Å². The van der Waals surface area contributed by atoms with Crippen molar-refractivity contribution in [1.82, 2.24) is 10.4 Å². The van der Waals surface area contributed by atoms with E-state index in [1.807, 2.05) is 5.06 Å². The molecule has 17 heavy (non-hydrogen) atoms. The van der Waals surface area contributed by atoms with Crippen molar-refractivity contribution < 1.29 is 4.84 Å². The molecule has 3 nitrogen and oxygen atoms in total. The Bertz CT molecular complexity index is 361. The molecular weight excluding hydrogens is 212 g/mol. The molecule has 3 aliphatic rings. The Morgan fingerprint density at radius 3 is 2.76 bits per heavy atom. The topological polar surface area (TPSA) is 24.5 Å². The Kier molecular flexibility index (Phi) is 2.53. The van der Waals surface area contributed by atoms with Crippen molar-refractivity contribution >= 4 is 0 Å². The molecule has 0 amide bonds. The van der Waals surface area contributed by atoms with E-state index in [0.29, 0.717) is 12.1 Å². The number of fused-ring (bicyclic) bond motifs is 2. The number of hydrogen-bond acceptors (Lipinski definition) is 3. The van der Waals surface area contributed by atoms with Crippen molar-refractivity contribution in [2.24, 2.45) is 5.92 Å². The summed E-state index contributed by atoms with van der Waals surface area (Å²) in [7, 11) is 2.06. The average molecular weight is 236 g/mol. The highest BCUT2D eigenvalue weighted by atomic mass is 16.7. The minimum Gasteiger partial charge on any atom is -0.383 e. The first-order valence-electron chi connectivity index (χ1n) is 6.94. The molecule has 2 unspecified atom stereocenters. The average Bonchev–Trinajstić information content (AvgIpc) is 2.66. The van der Waals surface area contributed by atoms with E-state index < -0.39 is 0 Å². The van der Waals surface area contributed by atoms with Crippen LogP contribution in [0.25, 0.3) is 0 Å². The molecule has 3 heteroatoms. The van der Waals surface area contributed by atoms with E-state index in [1.165, 1.54) is 31.4 Å². The van der Waals surface area contributed by atoms with Gasteiger partial charge in [-0.25, -0.2) is 0 Å². The number of likely N-dealkylation sites (N-methyl/N-ethyl adjacent to an activating group) is 1. The van der Waals surface area contributed by atoms with Gasteiger partial charge in [-0.05, 0) is 39.2 Å². The molecule has 3 rings (SSSR count). The third kappa shape index (κ3) is 1.63. The molecule has 1 aliphatic carbocycles. The van der Waals surface area contributed by atoms with Gasteiger partial charge < -0.3 is 5.32 Å². The minimum absolute atomic E-state index is 0.187. The molecule has 1 N–H and O–H groups in total. The van der Waals surface area contributed by atoms with Gasteiger partial charge in [0.2, 0.25) is 0 Å². The van der Waals surface area contributed by atoms with E-state index in [-0.39, 0.29) is 5.60 Å². The zero-order chi connectivity index (χ0) is 12.2. The van der Waals surface area contributed by atoms with E-state index in [2.05, 4.69) is 33.1 Å². The molecule has 0 radical (unpaired) electrons. The predicted molar refractivity (Wildman–Crippen MR) is 68.3 cm³/mol. The van der Waals surface area contributed by atoms with Crippen LogP contribution >= 0.6 is 0 Å². The van der Waals surface area contributed by atoms with E-state index in [9.17, 15) is 0 Å². The Balaban J connectivity index is 2.00. The van der Waals surface area contributed by atoms with Crippen molar-refractivity contribution in [1.29, 1.82) is 0 Å². The maximum Gasteiger partial charge on any atom is 0.124 e. The van der Waals surface area contributed by atoms with E-state index in [0.717, 1.165) is 5.92 Å². The van der Waals surface area contributed by atoms with Crippen LogP contribution in [0.15, 0.2) is 11.3 Å². The summed E-state index contributed by atoms with van der Waals surface area (Å²) in [6, 6.07) is 1.09. The molecule has 2 aliphatic heterocycles. The molecule has 1 fully saturated rings. The smallest absolute Gasteiger partial charge is 0.124 e. The Hall–Kier alpha value is -0.540. The highest BCUT2D eigenvalue weighted by Gasteiger charge is 2.47. The van der Waals surface area contributed by atoms with Gasteiger partial charge in [0.1, 0.15) is 5.60 Å². The van der Waals surface area contributed by atoms with Crippen LogP contribution in [0.2, 0.25) is 0 Å². The van der Waals surface area contributed by atoms with Gasteiger partial charge in [0, 0.05) is 24.7 Å². The van der Waals surface area contributed by atoms with Gasteiger partial charge in [-0.15, -0.1) is 0 Å². The molecule has 0 spiro atoms. The summed E-state index contributed by atoms with van der Waals surface area (Å²) in [5.74, 6) is 0.749. The summed E-state index contributed by atoms with van der Waals surface area (Å²) in [5, 5.41) is 5.80. The van der Waals surface area contributed by atoms with Gasteiger partial charge in [-0.1, -0.05) is 12.8 Å². The highest BCUT2D eigenvalue weighted by molar-refractivity contribution is 5.35. The first-order valence-corrected chi connectivity index (χ1v) is 6.94. The van der Waals surface area contributed by atoms with Crippen LogP contribution in [0.4, 0.5) is 0 Å². The highest BCUT2D eigenvalue weighted by Crippen LogP contribution is 2.45. The quantitative estimate of drug-likeness (QED) is 0.699. The molecule has 1 saturated carbocycles. The minimum atomic E-state index is -0.187. The van der Waals surface area contributed by atoms with Crippen LogP contribution in [0.5, 0.6) is 0 Å². The van der Waals surface area contributed by atoms with Crippen molar-refractivity contribution in [2.75, 3.05) is 7.05 Å². The van der Waals surface area contributed by atoms with Crippen LogP contribution in [-0.4, -0.2) is 29.8 Å². The van der Waals surface area contributed by atoms with Crippen LogP contribution in [0, 0.1) is 5.92 Å². The van der Waals surface area contributed by atoms with Crippen molar-refractivity contribution in [3.8, 4) is 0 Å². The first kappa shape index (κ1) is 11.5. The first-order chi connectivity index (χ1) is 8.00. The second-order valence-corrected chi connectivity index (χ2v) is 6.30. The van der Waals surface area contributed by atoms with Gasteiger partial charge in [0.05, 0.1) is 6.04 Å². The molecule has 0 saturated heterocycles. The third-order valence-corrected chi connectivity index (χ3v) is 4.75. The standard InChI is InChI=1S/C14H24N2O/c1-9-12-10-7-5-6-8-11(10)15-13(12)14(2,3)17-16(9)4/h9-11,15H,5-8H2,1-4H3/t9-,10?,11?/m0/s1. The van der Waals surface area contributed by atoms with Crippen molar-refractivity contribution in [3.05, 3.63) is 11.3 Å². The van der Waals surface area contributed by atoms with Crippen LogP contribution in [-0.2, 0) is 4.84 Å². The zero-order valence-electron chi connectivity index (χ0n) is 11.4. The number of nitrogens with zero attached hydrogens (tertiary/aromatic N) is 1.